The van der Waals surface area contributed by atoms with Crippen LogP contribution in [0.5, 0.6) is 11.5 Å². The third-order valence-electron chi connectivity index (χ3n) is 5.78. The van der Waals surface area contributed by atoms with Crippen LogP contribution >= 0.6 is 0 Å². The Morgan fingerprint density at radius 1 is 0.968 bits per heavy atom. The Balaban J connectivity index is 1.40. The van der Waals surface area contributed by atoms with Gasteiger partial charge in [-0.2, -0.15) is 0 Å². The number of furan rings is 1. The minimum absolute atomic E-state index is 0.363. The summed E-state index contributed by atoms with van der Waals surface area (Å²) in [6.07, 6.45) is 2.84. The van der Waals surface area contributed by atoms with Gasteiger partial charge in [0.15, 0.2) is 9.84 Å². The van der Waals surface area contributed by atoms with Gasteiger partial charge in [-0.25, -0.2) is 8.42 Å². The maximum absolute atomic E-state index is 13.1. The summed E-state index contributed by atoms with van der Waals surface area (Å²) in [7, 11) is -0.0925. The third-order valence-corrected chi connectivity index (χ3v) is 8.06. The number of benzene rings is 2. The average molecular weight is 442 g/mol. The Bertz CT molecular complexity index is 1080. The van der Waals surface area contributed by atoms with E-state index in [0.29, 0.717) is 17.7 Å². The summed E-state index contributed by atoms with van der Waals surface area (Å²) >= 11 is 0. The lowest BCUT2D eigenvalue weighted by molar-refractivity contribution is 0.221. The van der Waals surface area contributed by atoms with Crippen LogP contribution in [0.15, 0.2) is 70.2 Å². The van der Waals surface area contributed by atoms with Crippen molar-refractivity contribution in [2.75, 3.05) is 27.3 Å². The van der Waals surface area contributed by atoms with Gasteiger partial charge in [-0.15, -0.1) is 0 Å². The van der Waals surface area contributed by atoms with Gasteiger partial charge in [0.1, 0.15) is 17.3 Å². The molecule has 0 atom stereocenters. The molecule has 164 valence electrons. The van der Waals surface area contributed by atoms with Crippen LogP contribution in [0.2, 0.25) is 0 Å². The Morgan fingerprint density at radius 3 is 2.16 bits per heavy atom. The number of hydrogen-bond acceptors (Lipinski definition) is 6. The maximum Gasteiger partial charge on any atom is 0.181 e. The smallest absolute Gasteiger partial charge is 0.181 e. The first-order valence-corrected chi connectivity index (χ1v) is 11.9. The van der Waals surface area contributed by atoms with Crippen molar-refractivity contribution in [3.05, 3.63) is 66.4 Å². The molecule has 0 saturated carbocycles. The summed E-state index contributed by atoms with van der Waals surface area (Å²) in [4.78, 5) is 2.65. The lowest BCUT2D eigenvalue weighted by Crippen LogP contribution is -2.38. The van der Waals surface area contributed by atoms with E-state index in [1.165, 1.54) is 0 Å². The van der Waals surface area contributed by atoms with Gasteiger partial charge in [0.05, 0.1) is 30.6 Å². The Hall–Kier alpha value is -2.77. The molecule has 2 aromatic carbocycles. The number of methoxy groups -OCH3 is 2. The SMILES string of the molecule is COc1cc(CN2CCC(S(=O)(=O)c3ccc(-c4ccco4)cc3)CC2)cc(OC)c1. The molecule has 4 rings (SSSR count). The molecule has 6 nitrogen and oxygen atoms in total. The molecular formula is C24H27NO5S. The molecule has 2 heterocycles. The van der Waals surface area contributed by atoms with E-state index >= 15 is 0 Å². The number of piperidine rings is 1. The highest BCUT2D eigenvalue weighted by molar-refractivity contribution is 7.92. The highest BCUT2D eigenvalue weighted by Crippen LogP contribution is 2.29. The Kier molecular flexibility index (Phi) is 6.34. The highest BCUT2D eigenvalue weighted by atomic mass is 32.2. The van der Waals surface area contributed by atoms with Crippen molar-refractivity contribution < 1.29 is 22.3 Å². The van der Waals surface area contributed by atoms with Crippen molar-refractivity contribution in [1.29, 1.82) is 0 Å². The van der Waals surface area contributed by atoms with Crippen molar-refractivity contribution in [1.82, 2.24) is 4.90 Å². The molecule has 1 saturated heterocycles. The van der Waals surface area contributed by atoms with Crippen LogP contribution in [-0.4, -0.2) is 45.9 Å². The van der Waals surface area contributed by atoms with E-state index in [2.05, 4.69) is 4.90 Å². The molecule has 3 aromatic rings. The van der Waals surface area contributed by atoms with Gasteiger partial charge in [-0.05, 0) is 80.0 Å². The van der Waals surface area contributed by atoms with Gasteiger partial charge in [0.25, 0.3) is 0 Å². The number of likely N-dealkylation sites (tertiary alicyclic amines) is 1. The van der Waals surface area contributed by atoms with Crippen LogP contribution in [0.25, 0.3) is 11.3 Å². The Labute approximate surface area is 183 Å². The van der Waals surface area contributed by atoms with E-state index in [4.69, 9.17) is 13.9 Å². The standard InChI is InChI=1S/C24H27NO5S/c1-28-20-14-18(15-21(16-20)29-2)17-25-11-9-23(10-12-25)31(26,27)22-7-5-19(6-8-22)24-4-3-13-30-24/h3-8,13-16,23H,9-12,17H2,1-2H3. The van der Waals surface area contributed by atoms with Crippen LogP contribution in [0.4, 0.5) is 0 Å². The van der Waals surface area contributed by atoms with Crippen LogP contribution in [0, 0.1) is 0 Å². The average Bonchev–Trinajstić information content (AvgIpc) is 3.34. The first-order valence-electron chi connectivity index (χ1n) is 10.3. The summed E-state index contributed by atoms with van der Waals surface area (Å²) in [5, 5.41) is -0.363. The largest absolute Gasteiger partial charge is 0.497 e. The Morgan fingerprint density at radius 2 is 1.61 bits per heavy atom. The van der Waals surface area contributed by atoms with E-state index in [0.717, 1.165) is 48.0 Å². The number of rotatable bonds is 7. The molecule has 31 heavy (non-hydrogen) atoms. The maximum atomic E-state index is 13.1. The fraction of sp³-hybridized carbons (Fsp3) is 0.333. The number of sulfone groups is 1. The van der Waals surface area contributed by atoms with E-state index < -0.39 is 9.84 Å². The summed E-state index contributed by atoms with van der Waals surface area (Å²) in [5.74, 6) is 2.24. The second-order valence-corrected chi connectivity index (χ2v) is 9.97. The number of ether oxygens (including phenoxy) is 2. The van der Waals surface area contributed by atoms with Crippen LogP contribution < -0.4 is 9.47 Å². The topological polar surface area (TPSA) is 69.0 Å². The lowest BCUT2D eigenvalue weighted by atomic mass is 10.1. The minimum Gasteiger partial charge on any atom is -0.497 e. The van der Waals surface area contributed by atoms with Crippen molar-refractivity contribution in [2.24, 2.45) is 0 Å². The van der Waals surface area contributed by atoms with Gasteiger partial charge in [-0.1, -0.05) is 0 Å². The first-order chi connectivity index (χ1) is 15.0. The van der Waals surface area contributed by atoms with Gasteiger partial charge < -0.3 is 13.9 Å². The quantitative estimate of drug-likeness (QED) is 0.541. The normalized spacial score (nSPS) is 15.7. The molecule has 0 radical (unpaired) electrons. The fourth-order valence-corrected chi connectivity index (χ4v) is 5.77. The fourth-order valence-electron chi connectivity index (χ4n) is 4.04. The molecule has 0 unspecified atom stereocenters. The van der Waals surface area contributed by atoms with Crippen LogP contribution in [-0.2, 0) is 16.4 Å². The second-order valence-electron chi connectivity index (χ2n) is 7.74. The van der Waals surface area contributed by atoms with E-state index in [1.54, 1.807) is 44.7 Å². The van der Waals surface area contributed by atoms with E-state index in [9.17, 15) is 8.42 Å². The minimum atomic E-state index is -3.36. The summed E-state index contributed by atoms with van der Waals surface area (Å²) in [6, 6.07) is 16.5. The molecule has 7 heteroatoms. The predicted octanol–water partition coefficient (Wildman–Crippen LogP) is 4.40. The van der Waals surface area contributed by atoms with Crippen molar-refractivity contribution in [3.63, 3.8) is 0 Å². The molecule has 0 bridgehead atoms. The summed E-state index contributed by atoms with van der Waals surface area (Å²) in [5.41, 5.74) is 1.96. The molecule has 0 amide bonds. The number of hydrogen-bond donors (Lipinski definition) is 0. The second kappa shape index (κ2) is 9.16. The lowest BCUT2D eigenvalue weighted by Gasteiger charge is -2.31. The van der Waals surface area contributed by atoms with E-state index in [-0.39, 0.29) is 5.25 Å². The van der Waals surface area contributed by atoms with Crippen molar-refractivity contribution in [2.45, 2.75) is 29.5 Å². The number of nitrogens with zero attached hydrogens (tertiary/aromatic N) is 1. The molecule has 1 fully saturated rings. The molecule has 0 aliphatic carbocycles. The molecular weight excluding hydrogens is 414 g/mol. The molecule has 0 N–H and O–H groups in total. The summed E-state index contributed by atoms with van der Waals surface area (Å²) < 4.78 is 42.4. The zero-order valence-electron chi connectivity index (χ0n) is 17.8. The van der Waals surface area contributed by atoms with Gasteiger partial charge >= 0.3 is 0 Å². The molecule has 1 aliphatic rings. The van der Waals surface area contributed by atoms with Gasteiger partial charge in [0.2, 0.25) is 0 Å². The monoisotopic (exact) mass is 441 g/mol. The highest BCUT2D eigenvalue weighted by Gasteiger charge is 2.31. The predicted molar refractivity (Wildman–Crippen MR) is 119 cm³/mol. The third kappa shape index (κ3) is 4.78. The van der Waals surface area contributed by atoms with Gasteiger partial charge in [0, 0.05) is 18.2 Å². The van der Waals surface area contributed by atoms with Crippen LogP contribution in [0.3, 0.4) is 0 Å². The van der Waals surface area contributed by atoms with Gasteiger partial charge in [-0.3, -0.25) is 4.90 Å². The molecule has 1 aromatic heterocycles. The molecule has 1 aliphatic heterocycles. The van der Waals surface area contributed by atoms with Crippen molar-refractivity contribution in [3.8, 4) is 22.8 Å². The van der Waals surface area contributed by atoms with Crippen LogP contribution in [0.1, 0.15) is 18.4 Å². The summed E-state index contributed by atoms with van der Waals surface area (Å²) in [6.45, 7) is 2.19. The van der Waals surface area contributed by atoms with E-state index in [1.807, 2.05) is 30.3 Å². The first kappa shape index (κ1) is 21.5. The zero-order chi connectivity index (χ0) is 21.8. The van der Waals surface area contributed by atoms with Crippen molar-refractivity contribution >= 4 is 9.84 Å². The molecule has 0 spiro atoms. The zero-order valence-corrected chi connectivity index (χ0v) is 18.6.